The molecule has 0 aromatic carbocycles. The van der Waals surface area contributed by atoms with E-state index >= 15 is 0 Å². The molecule has 0 bridgehead atoms. The van der Waals surface area contributed by atoms with Crippen LogP contribution in [0.15, 0.2) is 0 Å². The van der Waals surface area contributed by atoms with E-state index < -0.39 is 5.97 Å². The standard InChI is InChI=1S/C22H42O4/c1-2-3-20-26-22(25)19-17-15-13-11-9-7-5-4-6-8-10-12-14-16-18-21(23)24/h2-20H2,1H3,(H,23,24). The van der Waals surface area contributed by atoms with Crippen LogP contribution >= 0.6 is 0 Å². The fourth-order valence-corrected chi connectivity index (χ4v) is 3.07. The summed E-state index contributed by atoms with van der Waals surface area (Å²) in [5.41, 5.74) is 0. The molecule has 0 saturated carbocycles. The Bertz CT molecular complexity index is 328. The molecule has 0 rings (SSSR count). The zero-order valence-electron chi connectivity index (χ0n) is 17.1. The molecular weight excluding hydrogens is 328 g/mol. The zero-order valence-corrected chi connectivity index (χ0v) is 17.1. The van der Waals surface area contributed by atoms with Crippen molar-refractivity contribution in [2.24, 2.45) is 0 Å². The summed E-state index contributed by atoms with van der Waals surface area (Å²) < 4.78 is 5.15. The van der Waals surface area contributed by atoms with E-state index in [1.54, 1.807) is 0 Å². The van der Waals surface area contributed by atoms with Gasteiger partial charge in [0.25, 0.3) is 0 Å². The van der Waals surface area contributed by atoms with Crippen LogP contribution in [0.3, 0.4) is 0 Å². The number of carboxylic acids is 1. The third kappa shape index (κ3) is 21.0. The number of carbonyl (C=O) groups excluding carboxylic acids is 1. The molecule has 4 nitrogen and oxygen atoms in total. The van der Waals surface area contributed by atoms with Gasteiger partial charge in [-0.3, -0.25) is 9.59 Å². The zero-order chi connectivity index (χ0) is 19.3. The van der Waals surface area contributed by atoms with E-state index in [1.165, 1.54) is 64.2 Å². The Labute approximate surface area is 161 Å². The summed E-state index contributed by atoms with van der Waals surface area (Å²) in [4.78, 5) is 21.8. The van der Waals surface area contributed by atoms with Crippen molar-refractivity contribution in [3.8, 4) is 0 Å². The van der Waals surface area contributed by atoms with E-state index in [4.69, 9.17) is 9.84 Å². The minimum absolute atomic E-state index is 0.0275. The number of hydrogen-bond acceptors (Lipinski definition) is 3. The van der Waals surface area contributed by atoms with Gasteiger partial charge < -0.3 is 9.84 Å². The molecule has 0 saturated heterocycles. The molecule has 0 radical (unpaired) electrons. The molecule has 0 aromatic heterocycles. The lowest BCUT2D eigenvalue weighted by Crippen LogP contribution is -2.05. The molecule has 0 amide bonds. The number of hydrogen-bond donors (Lipinski definition) is 1. The highest BCUT2D eigenvalue weighted by Gasteiger charge is 2.02. The summed E-state index contributed by atoms with van der Waals surface area (Å²) >= 11 is 0. The lowest BCUT2D eigenvalue weighted by Gasteiger charge is -2.04. The van der Waals surface area contributed by atoms with Gasteiger partial charge in [-0.25, -0.2) is 0 Å². The number of esters is 1. The third-order valence-electron chi connectivity index (χ3n) is 4.78. The first-order valence-electron chi connectivity index (χ1n) is 11.0. The highest BCUT2D eigenvalue weighted by atomic mass is 16.5. The molecule has 0 spiro atoms. The van der Waals surface area contributed by atoms with Crippen molar-refractivity contribution >= 4 is 11.9 Å². The van der Waals surface area contributed by atoms with E-state index in [9.17, 15) is 9.59 Å². The van der Waals surface area contributed by atoms with Crippen LogP contribution in [0.4, 0.5) is 0 Å². The van der Waals surface area contributed by atoms with Crippen molar-refractivity contribution in [1.29, 1.82) is 0 Å². The number of ether oxygens (including phenoxy) is 1. The minimum Gasteiger partial charge on any atom is -0.481 e. The highest BCUT2D eigenvalue weighted by molar-refractivity contribution is 5.69. The van der Waals surface area contributed by atoms with Crippen LogP contribution in [0.5, 0.6) is 0 Å². The first kappa shape index (κ1) is 24.9. The Kier molecular flexibility index (Phi) is 19.4. The van der Waals surface area contributed by atoms with Crippen LogP contribution in [0.1, 0.15) is 122 Å². The van der Waals surface area contributed by atoms with Crippen molar-refractivity contribution < 1.29 is 19.4 Å². The van der Waals surface area contributed by atoms with E-state index in [0.717, 1.165) is 38.5 Å². The molecule has 4 heteroatoms. The van der Waals surface area contributed by atoms with Crippen LogP contribution < -0.4 is 0 Å². The van der Waals surface area contributed by atoms with E-state index in [0.29, 0.717) is 19.4 Å². The number of rotatable bonds is 20. The van der Waals surface area contributed by atoms with Crippen molar-refractivity contribution in [1.82, 2.24) is 0 Å². The van der Waals surface area contributed by atoms with Gasteiger partial charge in [0.15, 0.2) is 0 Å². The van der Waals surface area contributed by atoms with Gasteiger partial charge in [-0.05, 0) is 19.3 Å². The van der Waals surface area contributed by atoms with Crippen LogP contribution in [0.25, 0.3) is 0 Å². The highest BCUT2D eigenvalue weighted by Crippen LogP contribution is 2.13. The fraction of sp³-hybridized carbons (Fsp3) is 0.909. The van der Waals surface area contributed by atoms with E-state index in [1.807, 2.05) is 0 Å². The SMILES string of the molecule is CCCCOC(=O)CCCCCCCCCCCCCCCCC(=O)O. The maximum Gasteiger partial charge on any atom is 0.305 e. The topological polar surface area (TPSA) is 63.6 Å². The summed E-state index contributed by atoms with van der Waals surface area (Å²) in [6, 6.07) is 0. The predicted molar refractivity (Wildman–Crippen MR) is 107 cm³/mol. The van der Waals surface area contributed by atoms with Crippen LogP contribution in [-0.2, 0) is 14.3 Å². The second-order valence-electron chi connectivity index (χ2n) is 7.42. The molecular formula is C22H42O4. The summed E-state index contributed by atoms with van der Waals surface area (Å²) in [5.74, 6) is -0.699. The van der Waals surface area contributed by atoms with Crippen molar-refractivity contribution in [2.75, 3.05) is 6.61 Å². The first-order chi connectivity index (χ1) is 12.7. The maximum absolute atomic E-state index is 11.4. The van der Waals surface area contributed by atoms with Gasteiger partial charge in [0.05, 0.1) is 6.61 Å². The summed E-state index contributed by atoms with van der Waals surface area (Å²) in [5, 5.41) is 8.56. The Morgan fingerprint density at radius 3 is 1.38 bits per heavy atom. The molecule has 0 aliphatic rings. The van der Waals surface area contributed by atoms with E-state index in [2.05, 4.69) is 6.92 Å². The summed E-state index contributed by atoms with van der Waals surface area (Å²) in [7, 11) is 0. The van der Waals surface area contributed by atoms with Crippen molar-refractivity contribution in [2.45, 2.75) is 122 Å². The van der Waals surface area contributed by atoms with Gasteiger partial charge >= 0.3 is 11.9 Å². The van der Waals surface area contributed by atoms with Crippen LogP contribution in [0, 0.1) is 0 Å². The molecule has 0 aliphatic carbocycles. The summed E-state index contributed by atoms with van der Waals surface area (Å²) in [6.45, 7) is 2.68. The molecule has 26 heavy (non-hydrogen) atoms. The van der Waals surface area contributed by atoms with Crippen LogP contribution in [0.2, 0.25) is 0 Å². The quantitative estimate of drug-likeness (QED) is 0.192. The average Bonchev–Trinajstić information content (AvgIpc) is 2.61. The monoisotopic (exact) mass is 370 g/mol. The molecule has 0 aromatic rings. The lowest BCUT2D eigenvalue weighted by atomic mass is 10.0. The fourth-order valence-electron chi connectivity index (χ4n) is 3.07. The number of unbranched alkanes of at least 4 members (excludes halogenated alkanes) is 14. The molecule has 0 unspecified atom stereocenters. The molecule has 1 N–H and O–H groups in total. The third-order valence-corrected chi connectivity index (χ3v) is 4.78. The lowest BCUT2D eigenvalue weighted by molar-refractivity contribution is -0.144. The first-order valence-corrected chi connectivity index (χ1v) is 11.0. The van der Waals surface area contributed by atoms with Gasteiger partial charge in [-0.1, -0.05) is 90.4 Å². The smallest absolute Gasteiger partial charge is 0.305 e. The van der Waals surface area contributed by atoms with Gasteiger partial charge in [0, 0.05) is 12.8 Å². The van der Waals surface area contributed by atoms with E-state index in [-0.39, 0.29) is 5.97 Å². The molecule has 154 valence electrons. The van der Waals surface area contributed by atoms with Gasteiger partial charge in [0.1, 0.15) is 0 Å². The Morgan fingerprint density at radius 2 is 1.00 bits per heavy atom. The minimum atomic E-state index is -0.671. The average molecular weight is 371 g/mol. The predicted octanol–water partition coefficient (Wildman–Crippen LogP) is 6.66. The number of carbonyl (C=O) groups is 2. The van der Waals surface area contributed by atoms with Crippen LogP contribution in [-0.4, -0.2) is 23.7 Å². The second kappa shape index (κ2) is 20.3. The maximum atomic E-state index is 11.4. The van der Waals surface area contributed by atoms with Gasteiger partial charge in [-0.2, -0.15) is 0 Å². The molecule has 0 heterocycles. The van der Waals surface area contributed by atoms with Gasteiger partial charge in [0.2, 0.25) is 0 Å². The van der Waals surface area contributed by atoms with Crippen molar-refractivity contribution in [3.05, 3.63) is 0 Å². The largest absolute Gasteiger partial charge is 0.481 e. The Balaban J connectivity index is 3.09. The molecule has 0 aliphatic heterocycles. The Hall–Kier alpha value is -1.06. The Morgan fingerprint density at radius 1 is 0.615 bits per heavy atom. The summed E-state index contributed by atoms with van der Waals surface area (Å²) in [6.07, 6.45) is 19.8. The normalized spacial score (nSPS) is 10.8. The number of carboxylic acid groups (broad SMARTS) is 1. The van der Waals surface area contributed by atoms with Crippen molar-refractivity contribution in [3.63, 3.8) is 0 Å². The number of aliphatic carboxylic acids is 1. The molecule has 0 fully saturated rings. The van der Waals surface area contributed by atoms with Gasteiger partial charge in [-0.15, -0.1) is 0 Å². The molecule has 0 atom stereocenters. The second-order valence-corrected chi connectivity index (χ2v) is 7.42.